The van der Waals surface area contributed by atoms with Gasteiger partial charge in [0.05, 0.1) is 0 Å². The van der Waals surface area contributed by atoms with Gasteiger partial charge in [0.1, 0.15) is 30.2 Å². The van der Waals surface area contributed by atoms with Gasteiger partial charge in [0.15, 0.2) is 6.61 Å². The maximum Gasteiger partial charge on any atom is 0.325 e. The zero-order valence-electron chi connectivity index (χ0n) is 18.7. The van der Waals surface area contributed by atoms with Crippen LogP contribution in [-0.4, -0.2) is 47.3 Å². The average molecular weight is 466 g/mol. The quantitative estimate of drug-likeness (QED) is 0.380. The zero-order chi connectivity index (χ0) is 24.1. The molecule has 0 spiro atoms. The van der Waals surface area contributed by atoms with Crippen molar-refractivity contribution in [3.8, 4) is 11.5 Å². The summed E-state index contributed by atoms with van der Waals surface area (Å²) in [5, 5.41) is 2.66. The van der Waals surface area contributed by atoms with Crippen LogP contribution in [0.1, 0.15) is 25.3 Å². The average Bonchev–Trinajstić information content (AvgIpc) is 3.67. The van der Waals surface area contributed by atoms with Crippen LogP contribution in [0.3, 0.4) is 0 Å². The molecule has 0 radical (unpaired) electrons. The minimum Gasteiger partial charge on any atom is -0.489 e. The Labute approximate surface area is 196 Å². The second-order valence-corrected chi connectivity index (χ2v) is 8.43. The van der Waals surface area contributed by atoms with Crippen molar-refractivity contribution in [2.75, 3.05) is 13.2 Å². The number of amides is 5. The topological polar surface area (TPSA) is 126 Å². The summed E-state index contributed by atoms with van der Waals surface area (Å²) in [5.74, 6) is -0.521. The summed E-state index contributed by atoms with van der Waals surface area (Å²) in [5.41, 5.74) is 4.48. The van der Waals surface area contributed by atoms with Gasteiger partial charge in [0.25, 0.3) is 17.7 Å². The molecule has 1 saturated carbocycles. The molecule has 1 heterocycles. The van der Waals surface area contributed by atoms with E-state index in [1.807, 2.05) is 30.3 Å². The molecule has 10 nitrogen and oxygen atoms in total. The van der Waals surface area contributed by atoms with Crippen molar-refractivity contribution < 1.29 is 28.7 Å². The van der Waals surface area contributed by atoms with Gasteiger partial charge in [-0.3, -0.25) is 30.1 Å². The number of hydrazine groups is 1. The minimum atomic E-state index is -0.962. The first-order valence-electron chi connectivity index (χ1n) is 11.0. The molecule has 178 valence electrons. The molecular weight excluding hydrogens is 440 g/mol. The molecule has 1 atom stereocenters. The highest BCUT2D eigenvalue weighted by molar-refractivity contribution is 6.09. The van der Waals surface area contributed by atoms with Crippen molar-refractivity contribution in [2.24, 2.45) is 5.92 Å². The van der Waals surface area contributed by atoms with Gasteiger partial charge in [0, 0.05) is 0 Å². The summed E-state index contributed by atoms with van der Waals surface area (Å²) in [6.07, 6.45) is 1.73. The Morgan fingerprint density at radius 3 is 2.24 bits per heavy atom. The fourth-order valence-electron chi connectivity index (χ4n) is 3.68. The fraction of sp³-hybridized carbons (Fsp3) is 0.333. The standard InChI is InChI=1S/C24H26N4O6/c1-24(17-7-8-17)22(31)28(23(32)25-24)13-20(29)26-27-21(30)15-34-19-11-9-18(10-12-19)33-14-16-5-3-2-4-6-16/h2-6,9-12,17H,7-8,13-15H2,1H3,(H,25,32)(H,26,29)(H,27,30). The fourth-order valence-corrected chi connectivity index (χ4v) is 3.68. The van der Waals surface area contributed by atoms with Crippen molar-refractivity contribution in [3.05, 3.63) is 60.2 Å². The lowest BCUT2D eigenvalue weighted by Crippen LogP contribution is -2.50. The normalized spacial score (nSPS) is 19.4. The monoisotopic (exact) mass is 466 g/mol. The predicted octanol–water partition coefficient (Wildman–Crippen LogP) is 1.51. The molecule has 5 amide bonds. The summed E-state index contributed by atoms with van der Waals surface area (Å²) < 4.78 is 11.1. The molecule has 10 heteroatoms. The van der Waals surface area contributed by atoms with Crippen LogP contribution in [-0.2, 0) is 21.0 Å². The van der Waals surface area contributed by atoms with Crippen LogP contribution in [0.25, 0.3) is 0 Å². The lowest BCUT2D eigenvalue weighted by atomic mass is 9.96. The first kappa shape index (κ1) is 23.1. The highest BCUT2D eigenvalue weighted by atomic mass is 16.5. The van der Waals surface area contributed by atoms with Crippen molar-refractivity contribution in [3.63, 3.8) is 0 Å². The Hall–Kier alpha value is -4.08. The second kappa shape index (κ2) is 9.82. The van der Waals surface area contributed by atoms with E-state index in [1.54, 1.807) is 31.2 Å². The number of ether oxygens (including phenoxy) is 2. The smallest absolute Gasteiger partial charge is 0.325 e. The molecule has 0 aromatic heterocycles. The van der Waals surface area contributed by atoms with Crippen LogP contribution in [0.5, 0.6) is 11.5 Å². The zero-order valence-corrected chi connectivity index (χ0v) is 18.7. The largest absolute Gasteiger partial charge is 0.489 e. The van der Waals surface area contributed by atoms with E-state index in [0.717, 1.165) is 23.3 Å². The SMILES string of the molecule is CC1(C2CC2)NC(=O)N(CC(=O)NNC(=O)COc2ccc(OCc3ccccc3)cc2)C1=O. The maximum absolute atomic E-state index is 12.5. The molecule has 2 aromatic rings. The van der Waals surface area contributed by atoms with Gasteiger partial charge in [-0.2, -0.15) is 0 Å². The summed E-state index contributed by atoms with van der Waals surface area (Å²) in [4.78, 5) is 49.6. The number of carbonyl (C=O) groups excluding carboxylic acids is 4. The number of carbonyl (C=O) groups is 4. The molecule has 0 bridgehead atoms. The number of rotatable bonds is 9. The molecule has 2 aromatic carbocycles. The lowest BCUT2D eigenvalue weighted by molar-refractivity contribution is -0.136. The number of imide groups is 1. The van der Waals surface area contributed by atoms with E-state index in [-0.39, 0.29) is 12.5 Å². The molecule has 1 aliphatic heterocycles. The Balaban J connectivity index is 1.16. The number of nitrogens with one attached hydrogen (secondary N) is 3. The van der Waals surface area contributed by atoms with Gasteiger partial charge in [0.2, 0.25) is 0 Å². The molecule has 2 fully saturated rings. The highest BCUT2D eigenvalue weighted by Crippen LogP contribution is 2.42. The van der Waals surface area contributed by atoms with Crippen molar-refractivity contribution >= 4 is 23.8 Å². The van der Waals surface area contributed by atoms with Gasteiger partial charge < -0.3 is 14.8 Å². The van der Waals surface area contributed by atoms with Crippen LogP contribution in [0, 0.1) is 5.92 Å². The van der Waals surface area contributed by atoms with Gasteiger partial charge in [-0.15, -0.1) is 0 Å². The van der Waals surface area contributed by atoms with Crippen LogP contribution in [0.15, 0.2) is 54.6 Å². The second-order valence-electron chi connectivity index (χ2n) is 8.43. The Bertz CT molecular complexity index is 1070. The van der Waals surface area contributed by atoms with E-state index >= 15 is 0 Å². The number of nitrogens with zero attached hydrogens (tertiary/aromatic N) is 1. The van der Waals surface area contributed by atoms with E-state index in [1.165, 1.54) is 0 Å². The van der Waals surface area contributed by atoms with Gasteiger partial charge >= 0.3 is 6.03 Å². The molecule has 2 aliphatic rings. The molecule has 34 heavy (non-hydrogen) atoms. The van der Waals surface area contributed by atoms with E-state index in [9.17, 15) is 19.2 Å². The van der Waals surface area contributed by atoms with Crippen molar-refractivity contribution in [2.45, 2.75) is 31.9 Å². The first-order valence-corrected chi connectivity index (χ1v) is 11.0. The Kier molecular flexibility index (Phi) is 6.67. The Morgan fingerprint density at radius 1 is 0.971 bits per heavy atom. The molecule has 1 unspecified atom stereocenters. The molecular formula is C24H26N4O6. The van der Waals surface area contributed by atoms with Gasteiger partial charge in [-0.25, -0.2) is 4.79 Å². The number of hydrogen-bond donors (Lipinski definition) is 3. The van der Waals surface area contributed by atoms with Crippen LogP contribution < -0.4 is 25.6 Å². The summed E-state index contributed by atoms with van der Waals surface area (Å²) in [6.45, 7) is 1.28. The molecule has 3 N–H and O–H groups in total. The van der Waals surface area contributed by atoms with E-state index in [2.05, 4.69) is 16.2 Å². The third-order valence-corrected chi connectivity index (χ3v) is 5.78. The lowest BCUT2D eigenvalue weighted by Gasteiger charge is -2.20. The highest BCUT2D eigenvalue weighted by Gasteiger charge is 2.56. The summed E-state index contributed by atoms with van der Waals surface area (Å²) in [6, 6.07) is 15.9. The van der Waals surface area contributed by atoms with E-state index < -0.39 is 35.8 Å². The van der Waals surface area contributed by atoms with Crippen LogP contribution in [0.2, 0.25) is 0 Å². The van der Waals surface area contributed by atoms with Crippen molar-refractivity contribution in [1.29, 1.82) is 0 Å². The first-order chi connectivity index (χ1) is 16.3. The van der Waals surface area contributed by atoms with E-state index in [4.69, 9.17) is 9.47 Å². The summed E-state index contributed by atoms with van der Waals surface area (Å²) in [7, 11) is 0. The van der Waals surface area contributed by atoms with Gasteiger partial charge in [-0.1, -0.05) is 30.3 Å². The van der Waals surface area contributed by atoms with Gasteiger partial charge in [-0.05, 0) is 55.5 Å². The summed E-state index contributed by atoms with van der Waals surface area (Å²) >= 11 is 0. The predicted molar refractivity (Wildman–Crippen MR) is 120 cm³/mol. The Morgan fingerprint density at radius 2 is 1.59 bits per heavy atom. The van der Waals surface area contributed by atoms with Crippen molar-refractivity contribution in [1.82, 2.24) is 21.1 Å². The number of urea groups is 1. The van der Waals surface area contributed by atoms with Crippen LogP contribution >= 0.6 is 0 Å². The number of benzene rings is 2. The third-order valence-electron chi connectivity index (χ3n) is 5.78. The molecule has 1 aliphatic carbocycles. The maximum atomic E-state index is 12.5. The number of hydrogen-bond acceptors (Lipinski definition) is 6. The molecule has 4 rings (SSSR count). The van der Waals surface area contributed by atoms with E-state index in [0.29, 0.717) is 18.1 Å². The minimum absolute atomic E-state index is 0.0957. The van der Waals surface area contributed by atoms with Crippen LogP contribution in [0.4, 0.5) is 4.79 Å². The molecule has 1 saturated heterocycles. The third kappa shape index (κ3) is 5.45.